The lowest BCUT2D eigenvalue weighted by molar-refractivity contribution is -0.0138. The first-order chi connectivity index (χ1) is 12.6. The molecule has 1 heterocycles. The first-order valence-electron chi connectivity index (χ1n) is 8.87. The van der Waals surface area contributed by atoms with E-state index in [1.807, 2.05) is 24.3 Å². The largest absolute Gasteiger partial charge is 0.478 e. The Morgan fingerprint density at radius 2 is 1.96 bits per heavy atom. The number of hydrogen-bond donors (Lipinski definition) is 1. The predicted molar refractivity (Wildman–Crippen MR) is 97.7 cm³/mol. The number of nitrogens with zero attached hydrogens (tertiary/aromatic N) is 1. The summed E-state index contributed by atoms with van der Waals surface area (Å²) in [5, 5.41) is 8.98. The molecule has 1 saturated heterocycles. The number of carboxylic acids is 1. The number of likely N-dealkylation sites (tertiary alicyclic amines) is 1. The first-order valence-corrected chi connectivity index (χ1v) is 8.87. The van der Waals surface area contributed by atoms with E-state index < -0.39 is 5.97 Å². The van der Waals surface area contributed by atoms with Crippen LogP contribution in [0, 0.1) is 11.7 Å². The highest BCUT2D eigenvalue weighted by atomic mass is 19.1. The quantitative estimate of drug-likeness (QED) is 0.858. The molecule has 0 spiro atoms. The Bertz CT molecular complexity index is 747. The molecule has 1 aliphatic heterocycles. The minimum absolute atomic E-state index is 0.0571. The van der Waals surface area contributed by atoms with Crippen LogP contribution in [0.15, 0.2) is 48.5 Å². The van der Waals surface area contributed by atoms with E-state index in [1.165, 1.54) is 6.07 Å². The molecular weight excluding hydrogens is 333 g/mol. The van der Waals surface area contributed by atoms with Crippen molar-refractivity contribution in [2.45, 2.75) is 25.5 Å². The molecule has 4 nitrogen and oxygen atoms in total. The molecule has 3 rings (SSSR count). The Morgan fingerprint density at radius 1 is 1.23 bits per heavy atom. The third kappa shape index (κ3) is 4.48. The fourth-order valence-corrected chi connectivity index (χ4v) is 3.63. The molecule has 0 amide bonds. The summed E-state index contributed by atoms with van der Waals surface area (Å²) in [4.78, 5) is 13.2. The molecule has 5 heteroatoms. The molecule has 0 radical (unpaired) electrons. The van der Waals surface area contributed by atoms with Crippen LogP contribution < -0.4 is 0 Å². The van der Waals surface area contributed by atoms with Crippen LogP contribution >= 0.6 is 0 Å². The monoisotopic (exact) mass is 357 g/mol. The number of aromatic carboxylic acids is 1. The second-order valence-electron chi connectivity index (χ2n) is 6.86. The molecule has 26 heavy (non-hydrogen) atoms. The van der Waals surface area contributed by atoms with Gasteiger partial charge in [-0.3, -0.25) is 4.90 Å². The molecule has 1 N–H and O–H groups in total. The van der Waals surface area contributed by atoms with Gasteiger partial charge in [0.1, 0.15) is 5.82 Å². The summed E-state index contributed by atoms with van der Waals surface area (Å²) in [6, 6.07) is 13.9. The average Bonchev–Trinajstić information content (AvgIpc) is 2.65. The van der Waals surface area contributed by atoms with Crippen molar-refractivity contribution >= 4 is 5.97 Å². The lowest BCUT2D eigenvalue weighted by atomic mass is 9.87. The van der Waals surface area contributed by atoms with Crippen molar-refractivity contribution in [3.63, 3.8) is 0 Å². The van der Waals surface area contributed by atoms with Crippen LogP contribution in [-0.4, -0.2) is 42.3 Å². The number of ether oxygens (including phenoxy) is 1. The molecular formula is C21H24FNO3. The summed E-state index contributed by atoms with van der Waals surface area (Å²) in [6.07, 6.45) is 1.69. The van der Waals surface area contributed by atoms with Gasteiger partial charge in [0.05, 0.1) is 11.7 Å². The van der Waals surface area contributed by atoms with E-state index in [1.54, 1.807) is 25.3 Å². The van der Waals surface area contributed by atoms with E-state index in [2.05, 4.69) is 4.90 Å². The van der Waals surface area contributed by atoms with Crippen molar-refractivity contribution in [2.24, 2.45) is 5.92 Å². The van der Waals surface area contributed by atoms with Gasteiger partial charge in [-0.1, -0.05) is 30.3 Å². The Kier molecular flexibility index (Phi) is 6.01. The van der Waals surface area contributed by atoms with Gasteiger partial charge >= 0.3 is 5.97 Å². The van der Waals surface area contributed by atoms with Crippen molar-refractivity contribution in [3.05, 3.63) is 71.0 Å². The number of carboxylic acid groups (broad SMARTS) is 1. The zero-order chi connectivity index (χ0) is 18.5. The molecule has 0 aliphatic carbocycles. The van der Waals surface area contributed by atoms with Crippen molar-refractivity contribution in [1.29, 1.82) is 0 Å². The summed E-state index contributed by atoms with van der Waals surface area (Å²) in [6.45, 7) is 2.46. The van der Waals surface area contributed by atoms with Gasteiger partial charge in [-0.05, 0) is 54.6 Å². The fraction of sp³-hybridized carbons (Fsp3) is 0.381. The molecule has 0 bridgehead atoms. The van der Waals surface area contributed by atoms with E-state index in [-0.39, 0.29) is 11.9 Å². The Hall–Kier alpha value is -2.24. The van der Waals surface area contributed by atoms with Crippen LogP contribution in [0.3, 0.4) is 0 Å². The summed E-state index contributed by atoms with van der Waals surface area (Å²) < 4.78 is 19.6. The second kappa shape index (κ2) is 8.43. The number of carbonyl (C=O) groups is 1. The van der Waals surface area contributed by atoms with Gasteiger partial charge < -0.3 is 9.84 Å². The lowest BCUT2D eigenvalue weighted by Crippen LogP contribution is -2.45. The van der Waals surface area contributed by atoms with Crippen LogP contribution in [0.4, 0.5) is 4.39 Å². The molecule has 2 aromatic rings. The highest BCUT2D eigenvalue weighted by Gasteiger charge is 2.29. The Balaban J connectivity index is 1.60. The minimum Gasteiger partial charge on any atom is -0.478 e. The number of piperidine rings is 1. The maximum absolute atomic E-state index is 13.9. The van der Waals surface area contributed by atoms with Crippen molar-refractivity contribution in [1.82, 2.24) is 4.90 Å². The predicted octanol–water partition coefficient (Wildman–Crippen LogP) is 3.60. The van der Waals surface area contributed by atoms with E-state index in [0.29, 0.717) is 17.9 Å². The van der Waals surface area contributed by atoms with E-state index in [9.17, 15) is 9.18 Å². The molecule has 0 saturated carbocycles. The van der Waals surface area contributed by atoms with Gasteiger partial charge in [-0.25, -0.2) is 9.18 Å². The molecule has 2 atom stereocenters. The normalized spacial score (nSPS) is 20.8. The molecule has 138 valence electrons. The fourth-order valence-electron chi connectivity index (χ4n) is 3.63. The molecule has 2 aromatic carbocycles. The molecule has 0 unspecified atom stereocenters. The topological polar surface area (TPSA) is 49.8 Å². The SMILES string of the molecule is CO[C@@H]1CN(Cc2ccc(C(=O)O)cc2)CC[C@@H]1Cc1ccccc1F. The molecule has 0 aromatic heterocycles. The molecule has 1 fully saturated rings. The van der Waals surface area contributed by atoms with Gasteiger partial charge in [0.2, 0.25) is 0 Å². The number of methoxy groups -OCH3 is 1. The number of benzene rings is 2. The maximum atomic E-state index is 13.9. The van der Waals surface area contributed by atoms with Crippen LogP contribution in [0.25, 0.3) is 0 Å². The number of halogens is 1. The summed E-state index contributed by atoms with van der Waals surface area (Å²) in [5.74, 6) is -0.768. The van der Waals surface area contributed by atoms with Gasteiger partial charge in [0.15, 0.2) is 0 Å². The summed E-state index contributed by atoms with van der Waals surface area (Å²) in [7, 11) is 1.71. The smallest absolute Gasteiger partial charge is 0.335 e. The Morgan fingerprint density at radius 3 is 2.62 bits per heavy atom. The van der Waals surface area contributed by atoms with E-state index in [4.69, 9.17) is 9.84 Å². The zero-order valence-electron chi connectivity index (χ0n) is 14.9. The average molecular weight is 357 g/mol. The number of hydrogen-bond acceptors (Lipinski definition) is 3. The van der Waals surface area contributed by atoms with Crippen molar-refractivity contribution < 1.29 is 19.0 Å². The summed E-state index contributed by atoms with van der Waals surface area (Å²) >= 11 is 0. The minimum atomic E-state index is -0.912. The van der Waals surface area contributed by atoms with Crippen LogP contribution in [0.1, 0.15) is 27.9 Å². The van der Waals surface area contributed by atoms with Crippen molar-refractivity contribution in [2.75, 3.05) is 20.2 Å². The van der Waals surface area contributed by atoms with Gasteiger partial charge in [0.25, 0.3) is 0 Å². The number of rotatable bonds is 6. The van der Waals surface area contributed by atoms with E-state index in [0.717, 1.165) is 37.2 Å². The first kappa shape index (κ1) is 18.5. The van der Waals surface area contributed by atoms with Gasteiger partial charge in [-0.15, -0.1) is 0 Å². The summed E-state index contributed by atoms with van der Waals surface area (Å²) in [5.41, 5.74) is 2.13. The zero-order valence-corrected chi connectivity index (χ0v) is 14.9. The second-order valence-corrected chi connectivity index (χ2v) is 6.86. The van der Waals surface area contributed by atoms with Gasteiger partial charge in [-0.2, -0.15) is 0 Å². The third-order valence-electron chi connectivity index (χ3n) is 5.13. The Labute approximate surface area is 153 Å². The highest BCUT2D eigenvalue weighted by molar-refractivity contribution is 5.87. The standard InChI is InChI=1S/C21H24FNO3/c1-26-20-14-23(13-15-6-8-16(9-7-15)21(24)25)11-10-18(20)12-17-4-2-3-5-19(17)22/h2-9,18,20H,10-14H2,1H3,(H,24,25)/t18-,20-/m1/s1. The van der Waals surface area contributed by atoms with Gasteiger partial charge in [0, 0.05) is 20.2 Å². The van der Waals surface area contributed by atoms with Crippen LogP contribution in [0.2, 0.25) is 0 Å². The third-order valence-corrected chi connectivity index (χ3v) is 5.13. The highest BCUT2D eigenvalue weighted by Crippen LogP contribution is 2.26. The van der Waals surface area contributed by atoms with Crippen LogP contribution in [0.5, 0.6) is 0 Å². The van der Waals surface area contributed by atoms with Crippen molar-refractivity contribution in [3.8, 4) is 0 Å². The lowest BCUT2D eigenvalue weighted by Gasteiger charge is -2.38. The van der Waals surface area contributed by atoms with E-state index >= 15 is 0 Å². The molecule has 1 aliphatic rings. The van der Waals surface area contributed by atoms with Crippen LogP contribution in [-0.2, 0) is 17.7 Å². The maximum Gasteiger partial charge on any atom is 0.335 e.